The van der Waals surface area contributed by atoms with Crippen molar-refractivity contribution in [3.05, 3.63) is 30.1 Å². The Morgan fingerprint density at radius 3 is 2.40 bits per heavy atom. The molecular formula is C10H14N4O. The van der Waals surface area contributed by atoms with Crippen molar-refractivity contribution in [1.82, 2.24) is 14.9 Å². The molecule has 1 aliphatic heterocycles. The molecule has 0 radical (unpaired) electrons. The van der Waals surface area contributed by atoms with Crippen molar-refractivity contribution in [1.29, 1.82) is 0 Å². The second-order valence-electron chi connectivity index (χ2n) is 3.56. The van der Waals surface area contributed by atoms with Crippen LogP contribution in [-0.2, 0) is 0 Å². The number of rotatable bonds is 1. The fourth-order valence-corrected chi connectivity index (χ4v) is 1.60. The number of pyridine rings is 1. The van der Waals surface area contributed by atoms with E-state index in [0.717, 1.165) is 13.1 Å². The number of carbonyl (C=O) groups is 1. The Morgan fingerprint density at radius 1 is 1.20 bits per heavy atom. The number of hydrazine groups is 1. The van der Waals surface area contributed by atoms with Crippen LogP contribution in [0.25, 0.3) is 0 Å². The van der Waals surface area contributed by atoms with Gasteiger partial charge in [-0.15, -0.1) is 0 Å². The normalized spacial score (nSPS) is 17.8. The number of hydrogen-bond donors (Lipinski definition) is 1. The number of aromatic nitrogens is 1. The number of nitrogens with zero attached hydrogens (tertiary/aromatic N) is 3. The molecule has 80 valence electrons. The molecule has 1 saturated heterocycles. The summed E-state index contributed by atoms with van der Waals surface area (Å²) in [6.07, 6.45) is 3.26. The van der Waals surface area contributed by atoms with Crippen LogP contribution in [0, 0.1) is 0 Å². The van der Waals surface area contributed by atoms with Crippen LogP contribution in [0.2, 0.25) is 0 Å². The molecule has 15 heavy (non-hydrogen) atoms. The lowest BCUT2D eigenvalue weighted by atomic mass is 10.2. The molecule has 0 saturated carbocycles. The largest absolute Gasteiger partial charge is 0.336 e. The minimum Gasteiger partial charge on any atom is -0.336 e. The highest BCUT2D eigenvalue weighted by Gasteiger charge is 2.20. The van der Waals surface area contributed by atoms with E-state index >= 15 is 0 Å². The third-order valence-corrected chi connectivity index (χ3v) is 2.53. The van der Waals surface area contributed by atoms with Crippen molar-refractivity contribution in [3.63, 3.8) is 0 Å². The van der Waals surface area contributed by atoms with Crippen molar-refractivity contribution in [3.8, 4) is 0 Å². The summed E-state index contributed by atoms with van der Waals surface area (Å²) in [5.74, 6) is 5.68. The third kappa shape index (κ3) is 2.31. The van der Waals surface area contributed by atoms with E-state index in [1.807, 2.05) is 4.90 Å². The summed E-state index contributed by atoms with van der Waals surface area (Å²) < 4.78 is 0. The molecule has 1 aliphatic rings. The number of amides is 1. The molecule has 1 aromatic rings. The van der Waals surface area contributed by atoms with E-state index in [4.69, 9.17) is 5.84 Å². The van der Waals surface area contributed by atoms with Crippen LogP contribution in [0.1, 0.15) is 10.4 Å². The number of piperazine rings is 1. The lowest BCUT2D eigenvalue weighted by Gasteiger charge is -2.32. The van der Waals surface area contributed by atoms with Gasteiger partial charge >= 0.3 is 0 Å². The fourth-order valence-electron chi connectivity index (χ4n) is 1.60. The molecule has 5 heteroatoms. The molecule has 0 aromatic carbocycles. The minimum atomic E-state index is 0.0606. The smallest absolute Gasteiger partial charge is 0.254 e. The van der Waals surface area contributed by atoms with E-state index in [1.54, 1.807) is 29.5 Å². The van der Waals surface area contributed by atoms with Crippen LogP contribution in [0.15, 0.2) is 24.5 Å². The first-order valence-corrected chi connectivity index (χ1v) is 4.96. The van der Waals surface area contributed by atoms with Crippen LogP contribution < -0.4 is 5.84 Å². The van der Waals surface area contributed by atoms with Crippen molar-refractivity contribution in [2.24, 2.45) is 5.84 Å². The third-order valence-electron chi connectivity index (χ3n) is 2.53. The Labute approximate surface area is 88.5 Å². The molecule has 2 rings (SSSR count). The number of hydrogen-bond acceptors (Lipinski definition) is 4. The topological polar surface area (TPSA) is 62.5 Å². The van der Waals surface area contributed by atoms with Crippen molar-refractivity contribution in [2.45, 2.75) is 0 Å². The first-order chi connectivity index (χ1) is 7.27. The Bertz CT molecular complexity index is 333. The van der Waals surface area contributed by atoms with Crippen LogP contribution in [0.4, 0.5) is 0 Å². The summed E-state index contributed by atoms with van der Waals surface area (Å²) in [5.41, 5.74) is 0.690. The zero-order valence-corrected chi connectivity index (χ0v) is 8.47. The van der Waals surface area contributed by atoms with Gasteiger partial charge in [0.15, 0.2) is 0 Å². The first-order valence-electron chi connectivity index (χ1n) is 4.96. The highest BCUT2D eigenvalue weighted by molar-refractivity contribution is 5.94. The molecule has 0 spiro atoms. The SMILES string of the molecule is NN1CCN(C(=O)c2ccncc2)CC1. The summed E-state index contributed by atoms with van der Waals surface area (Å²) in [5, 5.41) is 1.73. The Balaban J connectivity index is 2.03. The second kappa shape index (κ2) is 4.37. The van der Waals surface area contributed by atoms with E-state index < -0.39 is 0 Å². The van der Waals surface area contributed by atoms with Gasteiger partial charge in [0.25, 0.3) is 5.91 Å². The van der Waals surface area contributed by atoms with E-state index in [2.05, 4.69) is 4.98 Å². The van der Waals surface area contributed by atoms with E-state index in [-0.39, 0.29) is 5.91 Å². The average molecular weight is 206 g/mol. The van der Waals surface area contributed by atoms with Crippen LogP contribution in [-0.4, -0.2) is 47.0 Å². The Morgan fingerprint density at radius 2 is 1.80 bits per heavy atom. The van der Waals surface area contributed by atoms with Crippen LogP contribution >= 0.6 is 0 Å². The molecular weight excluding hydrogens is 192 g/mol. The van der Waals surface area contributed by atoms with Gasteiger partial charge < -0.3 is 4.90 Å². The molecule has 0 bridgehead atoms. The molecule has 2 N–H and O–H groups in total. The summed E-state index contributed by atoms with van der Waals surface area (Å²) in [6, 6.07) is 3.47. The molecule has 2 heterocycles. The van der Waals surface area contributed by atoms with E-state index in [0.29, 0.717) is 18.7 Å². The van der Waals surface area contributed by atoms with E-state index in [1.165, 1.54) is 0 Å². The fraction of sp³-hybridized carbons (Fsp3) is 0.400. The first kappa shape index (κ1) is 10.1. The van der Waals surface area contributed by atoms with Gasteiger partial charge in [-0.2, -0.15) is 0 Å². The molecule has 0 aliphatic carbocycles. The average Bonchev–Trinajstić information content (AvgIpc) is 2.30. The quantitative estimate of drug-likeness (QED) is 0.641. The molecule has 1 amide bonds. The Hall–Kier alpha value is -1.46. The van der Waals surface area contributed by atoms with Gasteiger partial charge in [0.05, 0.1) is 0 Å². The minimum absolute atomic E-state index is 0.0606. The molecule has 0 atom stereocenters. The van der Waals surface area contributed by atoms with Crippen LogP contribution in [0.5, 0.6) is 0 Å². The van der Waals surface area contributed by atoms with Gasteiger partial charge in [0.1, 0.15) is 0 Å². The van der Waals surface area contributed by atoms with Gasteiger partial charge in [-0.05, 0) is 12.1 Å². The van der Waals surface area contributed by atoms with Crippen molar-refractivity contribution in [2.75, 3.05) is 26.2 Å². The molecule has 0 unspecified atom stereocenters. The lowest BCUT2D eigenvalue weighted by molar-refractivity contribution is 0.0638. The number of nitrogens with two attached hydrogens (primary N) is 1. The standard InChI is InChI=1S/C10H14N4O/c11-14-7-5-13(6-8-14)10(15)9-1-3-12-4-2-9/h1-4H,5-8,11H2. The summed E-state index contributed by atoms with van der Waals surface area (Å²) in [6.45, 7) is 2.85. The number of carbonyl (C=O) groups excluding carboxylic acids is 1. The van der Waals surface area contributed by atoms with Gasteiger partial charge in [-0.1, -0.05) is 0 Å². The predicted molar refractivity (Wildman–Crippen MR) is 55.9 cm³/mol. The highest BCUT2D eigenvalue weighted by atomic mass is 16.2. The van der Waals surface area contributed by atoms with Gasteiger partial charge in [0.2, 0.25) is 0 Å². The maximum Gasteiger partial charge on any atom is 0.254 e. The summed E-state index contributed by atoms with van der Waals surface area (Å²) in [4.78, 5) is 17.6. The monoisotopic (exact) mass is 206 g/mol. The van der Waals surface area contributed by atoms with Gasteiger partial charge in [-0.3, -0.25) is 15.6 Å². The van der Waals surface area contributed by atoms with Gasteiger partial charge in [-0.25, -0.2) is 5.01 Å². The molecule has 1 aromatic heterocycles. The van der Waals surface area contributed by atoms with Crippen molar-refractivity contribution >= 4 is 5.91 Å². The zero-order chi connectivity index (χ0) is 10.7. The maximum absolute atomic E-state index is 11.9. The zero-order valence-electron chi connectivity index (χ0n) is 8.47. The highest BCUT2D eigenvalue weighted by Crippen LogP contribution is 2.05. The predicted octanol–water partition coefficient (Wildman–Crippen LogP) is -0.287. The van der Waals surface area contributed by atoms with Crippen molar-refractivity contribution < 1.29 is 4.79 Å². The maximum atomic E-state index is 11.9. The Kier molecular flexibility index (Phi) is 2.94. The summed E-state index contributed by atoms with van der Waals surface area (Å²) in [7, 11) is 0. The molecule has 1 fully saturated rings. The molecule has 5 nitrogen and oxygen atoms in total. The summed E-state index contributed by atoms with van der Waals surface area (Å²) >= 11 is 0. The van der Waals surface area contributed by atoms with E-state index in [9.17, 15) is 4.79 Å². The van der Waals surface area contributed by atoms with Gasteiger partial charge in [0, 0.05) is 44.1 Å². The van der Waals surface area contributed by atoms with Crippen LogP contribution in [0.3, 0.4) is 0 Å². The lowest BCUT2D eigenvalue weighted by Crippen LogP contribution is -2.51. The second-order valence-corrected chi connectivity index (χ2v) is 3.56.